The van der Waals surface area contributed by atoms with Crippen LogP contribution in [0.5, 0.6) is 11.5 Å². The highest BCUT2D eigenvalue weighted by Gasteiger charge is 2.11. The summed E-state index contributed by atoms with van der Waals surface area (Å²) in [7, 11) is 0. The van der Waals surface area contributed by atoms with Gasteiger partial charge in [0.1, 0.15) is 11.5 Å². The standard InChI is InChI=1S/C15H15F2NO2/c1-2-19-13-6-4-3-5-11(13)10-7-8-12(18)14(9-10)20-15(16)17/h3-9,15H,2,18H2,1H3. The topological polar surface area (TPSA) is 44.5 Å². The number of nitrogens with two attached hydrogens (primary N) is 1. The molecule has 0 bridgehead atoms. The van der Waals surface area contributed by atoms with Gasteiger partial charge in [0.05, 0.1) is 12.3 Å². The van der Waals surface area contributed by atoms with E-state index in [9.17, 15) is 8.78 Å². The van der Waals surface area contributed by atoms with Gasteiger partial charge in [-0.05, 0) is 30.7 Å². The van der Waals surface area contributed by atoms with E-state index in [2.05, 4.69) is 4.74 Å². The van der Waals surface area contributed by atoms with E-state index >= 15 is 0 Å². The smallest absolute Gasteiger partial charge is 0.387 e. The average Bonchev–Trinajstić information content (AvgIpc) is 2.42. The number of nitrogen functional groups attached to an aromatic ring is 1. The Labute approximate surface area is 115 Å². The third kappa shape index (κ3) is 3.17. The van der Waals surface area contributed by atoms with Crippen LogP contribution in [0, 0.1) is 0 Å². The summed E-state index contributed by atoms with van der Waals surface area (Å²) in [4.78, 5) is 0. The lowest BCUT2D eigenvalue weighted by atomic mass is 10.0. The van der Waals surface area contributed by atoms with E-state index in [4.69, 9.17) is 10.5 Å². The molecular formula is C15H15F2NO2. The van der Waals surface area contributed by atoms with Gasteiger partial charge >= 0.3 is 6.61 Å². The molecule has 106 valence electrons. The van der Waals surface area contributed by atoms with Gasteiger partial charge in [0.25, 0.3) is 0 Å². The third-order valence-electron chi connectivity index (χ3n) is 2.73. The molecule has 0 aliphatic carbocycles. The molecule has 2 aromatic carbocycles. The van der Waals surface area contributed by atoms with E-state index in [0.717, 1.165) is 5.56 Å². The molecule has 0 aromatic heterocycles. The summed E-state index contributed by atoms with van der Waals surface area (Å²) in [5, 5.41) is 0. The van der Waals surface area contributed by atoms with Gasteiger partial charge in [0.15, 0.2) is 0 Å². The van der Waals surface area contributed by atoms with Crippen molar-refractivity contribution in [2.24, 2.45) is 0 Å². The van der Waals surface area contributed by atoms with Gasteiger partial charge in [-0.25, -0.2) is 0 Å². The molecule has 0 saturated heterocycles. The number of ether oxygens (including phenoxy) is 2. The van der Waals surface area contributed by atoms with Gasteiger partial charge in [-0.2, -0.15) is 8.78 Å². The third-order valence-corrected chi connectivity index (χ3v) is 2.73. The molecule has 0 spiro atoms. The molecule has 3 nitrogen and oxygen atoms in total. The first-order valence-electron chi connectivity index (χ1n) is 6.18. The lowest BCUT2D eigenvalue weighted by molar-refractivity contribution is -0.0492. The zero-order chi connectivity index (χ0) is 14.5. The van der Waals surface area contributed by atoms with Crippen molar-refractivity contribution in [1.82, 2.24) is 0 Å². The predicted octanol–water partition coefficient (Wildman–Crippen LogP) is 3.94. The summed E-state index contributed by atoms with van der Waals surface area (Å²) in [6, 6.07) is 12.1. The van der Waals surface area contributed by atoms with Crippen molar-refractivity contribution in [1.29, 1.82) is 0 Å². The molecule has 0 heterocycles. The number of anilines is 1. The van der Waals surface area contributed by atoms with Gasteiger partial charge in [0, 0.05) is 5.56 Å². The van der Waals surface area contributed by atoms with Crippen LogP contribution in [0.15, 0.2) is 42.5 Å². The summed E-state index contributed by atoms with van der Waals surface area (Å²) in [5.74, 6) is 0.645. The maximum absolute atomic E-state index is 12.3. The fourth-order valence-electron chi connectivity index (χ4n) is 1.89. The van der Waals surface area contributed by atoms with Gasteiger partial charge in [-0.15, -0.1) is 0 Å². The van der Waals surface area contributed by atoms with Gasteiger partial charge < -0.3 is 15.2 Å². The second kappa shape index (κ2) is 6.23. The first-order chi connectivity index (χ1) is 9.61. The monoisotopic (exact) mass is 279 g/mol. The minimum Gasteiger partial charge on any atom is -0.493 e. The Morgan fingerprint density at radius 3 is 2.55 bits per heavy atom. The fraction of sp³-hybridized carbons (Fsp3) is 0.200. The lowest BCUT2D eigenvalue weighted by Crippen LogP contribution is -2.04. The van der Waals surface area contributed by atoms with Gasteiger partial charge in [0.2, 0.25) is 0 Å². The number of para-hydroxylation sites is 1. The van der Waals surface area contributed by atoms with Crippen molar-refractivity contribution in [2.45, 2.75) is 13.5 Å². The zero-order valence-electron chi connectivity index (χ0n) is 11.0. The van der Waals surface area contributed by atoms with E-state index in [0.29, 0.717) is 17.9 Å². The number of hydrogen-bond acceptors (Lipinski definition) is 3. The van der Waals surface area contributed by atoms with Crippen LogP contribution in [0.4, 0.5) is 14.5 Å². The van der Waals surface area contributed by atoms with Crippen LogP contribution in [-0.4, -0.2) is 13.2 Å². The number of halogens is 2. The molecule has 0 saturated carbocycles. The maximum atomic E-state index is 12.3. The highest BCUT2D eigenvalue weighted by atomic mass is 19.3. The highest BCUT2D eigenvalue weighted by molar-refractivity contribution is 5.74. The largest absolute Gasteiger partial charge is 0.493 e. The normalized spacial score (nSPS) is 10.6. The van der Waals surface area contributed by atoms with E-state index < -0.39 is 6.61 Å². The molecule has 2 rings (SSSR count). The van der Waals surface area contributed by atoms with Crippen LogP contribution < -0.4 is 15.2 Å². The van der Waals surface area contributed by atoms with Crippen molar-refractivity contribution in [3.63, 3.8) is 0 Å². The molecule has 5 heteroatoms. The maximum Gasteiger partial charge on any atom is 0.387 e. The van der Waals surface area contributed by atoms with E-state index in [1.165, 1.54) is 12.1 Å². The van der Waals surface area contributed by atoms with Gasteiger partial charge in [-0.3, -0.25) is 0 Å². The Hall–Kier alpha value is -2.30. The molecule has 0 amide bonds. The molecule has 2 N–H and O–H groups in total. The summed E-state index contributed by atoms with van der Waals surface area (Å²) in [6.07, 6.45) is 0. The summed E-state index contributed by atoms with van der Waals surface area (Å²) in [6.45, 7) is -0.507. The summed E-state index contributed by atoms with van der Waals surface area (Å²) in [5.41, 5.74) is 7.30. The molecule has 0 radical (unpaired) electrons. The quantitative estimate of drug-likeness (QED) is 0.843. The Morgan fingerprint density at radius 1 is 1.10 bits per heavy atom. The highest BCUT2D eigenvalue weighted by Crippen LogP contribution is 2.34. The van der Waals surface area contributed by atoms with Crippen molar-refractivity contribution in [2.75, 3.05) is 12.3 Å². The van der Waals surface area contributed by atoms with Crippen LogP contribution in [0.25, 0.3) is 11.1 Å². The molecular weight excluding hydrogens is 264 g/mol. The Kier molecular flexibility index (Phi) is 4.40. The summed E-state index contributed by atoms with van der Waals surface area (Å²) < 4.78 is 34.6. The number of alkyl halides is 2. The van der Waals surface area contributed by atoms with E-state index in [-0.39, 0.29) is 11.4 Å². The second-order valence-electron chi connectivity index (χ2n) is 4.06. The Balaban J connectivity index is 2.42. The van der Waals surface area contributed by atoms with Crippen molar-refractivity contribution < 1.29 is 18.3 Å². The molecule has 0 fully saturated rings. The minimum atomic E-state index is -2.91. The molecule has 0 atom stereocenters. The number of hydrogen-bond donors (Lipinski definition) is 1. The first kappa shape index (κ1) is 14.1. The first-order valence-corrected chi connectivity index (χ1v) is 6.18. The van der Waals surface area contributed by atoms with Crippen LogP contribution in [0.1, 0.15) is 6.92 Å². The molecule has 0 aliphatic rings. The average molecular weight is 279 g/mol. The van der Waals surface area contributed by atoms with E-state index in [1.54, 1.807) is 6.07 Å². The zero-order valence-corrected chi connectivity index (χ0v) is 11.0. The van der Waals surface area contributed by atoms with Gasteiger partial charge in [-0.1, -0.05) is 24.3 Å². The lowest BCUT2D eigenvalue weighted by Gasteiger charge is -2.13. The number of rotatable bonds is 5. The van der Waals surface area contributed by atoms with Crippen LogP contribution in [-0.2, 0) is 0 Å². The summed E-state index contributed by atoms with van der Waals surface area (Å²) >= 11 is 0. The minimum absolute atomic E-state index is 0.0381. The van der Waals surface area contributed by atoms with Crippen molar-refractivity contribution in [3.8, 4) is 22.6 Å². The van der Waals surface area contributed by atoms with Crippen molar-refractivity contribution in [3.05, 3.63) is 42.5 Å². The number of benzene rings is 2. The second-order valence-corrected chi connectivity index (χ2v) is 4.06. The van der Waals surface area contributed by atoms with Crippen LogP contribution >= 0.6 is 0 Å². The predicted molar refractivity (Wildman–Crippen MR) is 74.1 cm³/mol. The molecule has 0 unspecified atom stereocenters. The Morgan fingerprint density at radius 2 is 1.85 bits per heavy atom. The van der Waals surface area contributed by atoms with Crippen molar-refractivity contribution >= 4 is 5.69 Å². The van der Waals surface area contributed by atoms with Crippen LogP contribution in [0.2, 0.25) is 0 Å². The SMILES string of the molecule is CCOc1ccccc1-c1ccc(N)c(OC(F)F)c1. The van der Waals surface area contributed by atoms with E-state index in [1.807, 2.05) is 31.2 Å². The molecule has 20 heavy (non-hydrogen) atoms. The molecule has 2 aromatic rings. The van der Waals surface area contributed by atoms with Crippen LogP contribution in [0.3, 0.4) is 0 Å². The molecule has 0 aliphatic heterocycles. The Bertz CT molecular complexity index is 588. The fourth-order valence-corrected chi connectivity index (χ4v) is 1.89.